The normalized spacial score (nSPS) is 14.6. The highest BCUT2D eigenvalue weighted by atomic mass is 16.2. The van der Waals surface area contributed by atoms with Gasteiger partial charge in [0.2, 0.25) is 0 Å². The number of rotatable bonds is 7. The number of amides is 3. The predicted molar refractivity (Wildman–Crippen MR) is 128 cm³/mol. The first kappa shape index (κ1) is 22.7. The molecule has 3 N–H and O–H groups in total. The lowest BCUT2D eigenvalue weighted by atomic mass is 10.1. The van der Waals surface area contributed by atoms with Crippen LogP contribution in [0.5, 0.6) is 0 Å². The quantitative estimate of drug-likeness (QED) is 0.558. The van der Waals surface area contributed by atoms with Crippen LogP contribution < -0.4 is 20.9 Å². The zero-order chi connectivity index (χ0) is 22.2. The number of urea groups is 1. The van der Waals surface area contributed by atoms with Crippen molar-refractivity contribution in [2.24, 2.45) is 0 Å². The molecule has 6 nitrogen and oxygen atoms in total. The summed E-state index contributed by atoms with van der Waals surface area (Å²) >= 11 is 0. The molecule has 2 aromatic carbocycles. The van der Waals surface area contributed by atoms with Crippen LogP contribution in [0.15, 0.2) is 42.5 Å². The van der Waals surface area contributed by atoms with Gasteiger partial charge in [-0.1, -0.05) is 26.0 Å². The lowest BCUT2D eigenvalue weighted by molar-refractivity contribution is 0.0939. The fraction of sp³-hybridized carbons (Fsp3) is 0.440. The van der Waals surface area contributed by atoms with E-state index in [0.717, 1.165) is 55.7 Å². The maximum absolute atomic E-state index is 13.0. The van der Waals surface area contributed by atoms with Gasteiger partial charge in [-0.3, -0.25) is 4.79 Å². The van der Waals surface area contributed by atoms with Gasteiger partial charge in [0, 0.05) is 36.2 Å². The Labute approximate surface area is 185 Å². The van der Waals surface area contributed by atoms with Crippen molar-refractivity contribution in [3.8, 4) is 0 Å². The molecule has 0 spiro atoms. The molecule has 0 bridgehead atoms. The second-order valence-electron chi connectivity index (χ2n) is 8.20. The fourth-order valence-corrected chi connectivity index (χ4v) is 3.77. The van der Waals surface area contributed by atoms with Gasteiger partial charge in [-0.15, -0.1) is 0 Å². The van der Waals surface area contributed by atoms with Crippen molar-refractivity contribution in [1.29, 1.82) is 0 Å². The summed E-state index contributed by atoms with van der Waals surface area (Å²) in [5, 5.41) is 8.81. The van der Waals surface area contributed by atoms with Crippen LogP contribution in [-0.4, -0.2) is 31.1 Å². The Morgan fingerprint density at radius 2 is 1.68 bits per heavy atom. The summed E-state index contributed by atoms with van der Waals surface area (Å²) in [6, 6.07) is 13.1. The van der Waals surface area contributed by atoms with Gasteiger partial charge in [-0.05, 0) is 74.9 Å². The summed E-state index contributed by atoms with van der Waals surface area (Å²) in [5.74, 6) is -0.102. The molecule has 0 aliphatic carbocycles. The molecule has 2 aromatic rings. The lowest BCUT2D eigenvalue weighted by Crippen LogP contribution is -2.35. The molecule has 0 aromatic heterocycles. The summed E-state index contributed by atoms with van der Waals surface area (Å²) in [6.07, 6.45) is 5.26. The zero-order valence-corrected chi connectivity index (χ0v) is 18.8. The molecule has 0 saturated carbocycles. The molecule has 166 valence electrons. The Morgan fingerprint density at radius 3 is 2.35 bits per heavy atom. The van der Waals surface area contributed by atoms with Gasteiger partial charge >= 0.3 is 6.03 Å². The first-order valence-corrected chi connectivity index (χ1v) is 11.4. The molecule has 31 heavy (non-hydrogen) atoms. The smallest absolute Gasteiger partial charge is 0.323 e. The molecule has 1 heterocycles. The summed E-state index contributed by atoms with van der Waals surface area (Å²) in [5.41, 5.74) is 4.04. The van der Waals surface area contributed by atoms with Crippen LogP contribution in [0, 0.1) is 0 Å². The monoisotopic (exact) mass is 422 g/mol. The van der Waals surface area contributed by atoms with Gasteiger partial charge in [0.1, 0.15) is 0 Å². The van der Waals surface area contributed by atoms with Gasteiger partial charge in [0.05, 0.1) is 5.56 Å². The van der Waals surface area contributed by atoms with Gasteiger partial charge < -0.3 is 20.9 Å². The highest BCUT2D eigenvalue weighted by molar-refractivity contribution is 6.04. The van der Waals surface area contributed by atoms with Crippen LogP contribution in [0.1, 0.15) is 62.4 Å². The zero-order valence-electron chi connectivity index (χ0n) is 18.8. The second-order valence-corrected chi connectivity index (χ2v) is 8.20. The number of hydrogen-bond acceptors (Lipinski definition) is 3. The van der Waals surface area contributed by atoms with Crippen molar-refractivity contribution in [3.63, 3.8) is 0 Å². The van der Waals surface area contributed by atoms with Crippen molar-refractivity contribution in [1.82, 2.24) is 5.32 Å². The Bertz CT molecular complexity index is 906. The molecule has 3 rings (SSSR count). The largest absolute Gasteiger partial charge is 0.371 e. The van der Waals surface area contributed by atoms with Crippen LogP contribution in [0.4, 0.5) is 21.9 Å². The molecule has 3 amide bonds. The fourth-order valence-electron chi connectivity index (χ4n) is 3.77. The Hall–Kier alpha value is -3.02. The minimum Gasteiger partial charge on any atom is -0.371 e. The number of aryl methyl sites for hydroxylation is 1. The van der Waals surface area contributed by atoms with E-state index in [-0.39, 0.29) is 18.0 Å². The Kier molecular flexibility index (Phi) is 7.93. The van der Waals surface area contributed by atoms with E-state index in [1.807, 2.05) is 50.2 Å². The molecule has 1 fully saturated rings. The van der Waals surface area contributed by atoms with E-state index in [4.69, 9.17) is 0 Å². The van der Waals surface area contributed by atoms with Crippen molar-refractivity contribution in [2.45, 2.75) is 58.9 Å². The molecule has 1 aliphatic heterocycles. The van der Waals surface area contributed by atoms with Crippen LogP contribution in [0.2, 0.25) is 0 Å². The number of hydrogen-bond donors (Lipinski definition) is 3. The number of benzene rings is 2. The number of carbonyl (C=O) groups excluding carboxylic acids is 2. The van der Waals surface area contributed by atoms with Crippen molar-refractivity contribution < 1.29 is 9.59 Å². The summed E-state index contributed by atoms with van der Waals surface area (Å²) in [6.45, 7) is 8.02. The van der Waals surface area contributed by atoms with E-state index in [9.17, 15) is 9.59 Å². The molecule has 1 unspecified atom stereocenters. The van der Waals surface area contributed by atoms with Gasteiger partial charge in [-0.25, -0.2) is 4.79 Å². The molecule has 1 aliphatic rings. The third-order valence-corrected chi connectivity index (χ3v) is 5.78. The molecule has 1 saturated heterocycles. The predicted octanol–water partition coefficient (Wildman–Crippen LogP) is 5.41. The Balaban J connectivity index is 1.79. The SMILES string of the molecule is CCc1cccc(NC(=O)Nc2ccc(N3CCCCC3)c(C(=O)NC(C)CC)c2)c1. The summed E-state index contributed by atoms with van der Waals surface area (Å²) in [7, 11) is 0. The van der Waals surface area contributed by atoms with E-state index in [0.29, 0.717) is 11.3 Å². The van der Waals surface area contributed by atoms with E-state index in [2.05, 4.69) is 27.8 Å². The van der Waals surface area contributed by atoms with Crippen LogP contribution in [-0.2, 0) is 6.42 Å². The highest BCUT2D eigenvalue weighted by Crippen LogP contribution is 2.27. The number of nitrogens with zero attached hydrogens (tertiary/aromatic N) is 1. The van der Waals surface area contributed by atoms with E-state index in [1.54, 1.807) is 6.07 Å². The topological polar surface area (TPSA) is 73.5 Å². The first-order chi connectivity index (χ1) is 15.0. The third-order valence-electron chi connectivity index (χ3n) is 5.78. The number of anilines is 3. The number of piperidine rings is 1. The first-order valence-electron chi connectivity index (χ1n) is 11.4. The maximum atomic E-state index is 13.0. The van der Waals surface area contributed by atoms with E-state index >= 15 is 0 Å². The van der Waals surface area contributed by atoms with Crippen molar-refractivity contribution >= 4 is 29.0 Å². The van der Waals surface area contributed by atoms with Crippen LogP contribution in [0.3, 0.4) is 0 Å². The third kappa shape index (κ3) is 6.23. The molecule has 1 atom stereocenters. The Morgan fingerprint density at radius 1 is 0.968 bits per heavy atom. The minimum absolute atomic E-state index is 0.0902. The highest BCUT2D eigenvalue weighted by Gasteiger charge is 2.20. The van der Waals surface area contributed by atoms with Gasteiger partial charge in [0.25, 0.3) is 5.91 Å². The second kappa shape index (κ2) is 10.8. The summed E-state index contributed by atoms with van der Waals surface area (Å²) in [4.78, 5) is 27.8. The molecule has 0 radical (unpaired) electrons. The van der Waals surface area contributed by atoms with E-state index in [1.165, 1.54) is 6.42 Å². The van der Waals surface area contributed by atoms with Crippen molar-refractivity contribution in [3.05, 3.63) is 53.6 Å². The summed E-state index contributed by atoms with van der Waals surface area (Å²) < 4.78 is 0. The standard InChI is InChI=1S/C25H34N4O2/c1-4-18(3)26-24(30)22-17-21(12-13-23(22)29-14-7-6-8-15-29)28-25(31)27-20-11-9-10-19(5-2)16-20/h9-13,16-18H,4-8,14-15H2,1-3H3,(H,26,30)(H2,27,28,31). The lowest BCUT2D eigenvalue weighted by Gasteiger charge is -2.31. The molecule has 6 heteroatoms. The van der Waals surface area contributed by atoms with Gasteiger partial charge in [-0.2, -0.15) is 0 Å². The van der Waals surface area contributed by atoms with Crippen LogP contribution >= 0.6 is 0 Å². The number of nitrogens with one attached hydrogen (secondary N) is 3. The van der Waals surface area contributed by atoms with Gasteiger partial charge in [0.15, 0.2) is 0 Å². The average Bonchev–Trinajstić information content (AvgIpc) is 2.79. The van der Waals surface area contributed by atoms with E-state index < -0.39 is 0 Å². The maximum Gasteiger partial charge on any atom is 0.323 e. The minimum atomic E-state index is -0.327. The molecular weight excluding hydrogens is 388 g/mol. The number of carbonyl (C=O) groups is 2. The molecular formula is C25H34N4O2. The average molecular weight is 423 g/mol. The van der Waals surface area contributed by atoms with Crippen molar-refractivity contribution in [2.75, 3.05) is 28.6 Å². The van der Waals surface area contributed by atoms with Crippen LogP contribution in [0.25, 0.3) is 0 Å².